The second kappa shape index (κ2) is 7.38. The smallest absolute Gasteiger partial charge is 0.236 e. The molecule has 0 aromatic rings. The first-order chi connectivity index (χ1) is 9.60. The molecular formula is C15H29N3O2. The van der Waals surface area contributed by atoms with Gasteiger partial charge in [-0.05, 0) is 46.3 Å². The summed E-state index contributed by atoms with van der Waals surface area (Å²) in [4.78, 5) is 16.8. The topological polar surface area (TPSA) is 44.8 Å². The van der Waals surface area contributed by atoms with Crippen LogP contribution < -0.4 is 5.32 Å². The summed E-state index contributed by atoms with van der Waals surface area (Å²) in [5.74, 6) is 0.257. The number of amides is 1. The minimum Gasteiger partial charge on any atom is -0.372 e. The Labute approximate surface area is 122 Å². The van der Waals surface area contributed by atoms with Crippen molar-refractivity contribution < 1.29 is 9.53 Å². The zero-order valence-corrected chi connectivity index (χ0v) is 13.1. The predicted octanol–water partition coefficient (Wildman–Crippen LogP) is 0.696. The molecule has 2 heterocycles. The minimum atomic E-state index is 0.150. The summed E-state index contributed by atoms with van der Waals surface area (Å²) in [5.41, 5.74) is 0. The molecule has 2 aliphatic heterocycles. The van der Waals surface area contributed by atoms with Crippen molar-refractivity contribution in [2.45, 2.75) is 51.9 Å². The Bertz CT molecular complexity index is 308. The molecule has 0 aliphatic carbocycles. The van der Waals surface area contributed by atoms with E-state index in [1.165, 1.54) is 0 Å². The molecule has 2 fully saturated rings. The molecule has 116 valence electrons. The van der Waals surface area contributed by atoms with Crippen LogP contribution in [0.2, 0.25) is 0 Å². The molecule has 0 spiro atoms. The summed E-state index contributed by atoms with van der Waals surface area (Å²) >= 11 is 0. The molecule has 0 saturated carbocycles. The maximum Gasteiger partial charge on any atom is 0.236 e. The van der Waals surface area contributed by atoms with Gasteiger partial charge in [0.1, 0.15) is 0 Å². The Balaban J connectivity index is 1.87. The van der Waals surface area contributed by atoms with Gasteiger partial charge in [-0.3, -0.25) is 9.69 Å². The first-order valence-electron chi connectivity index (χ1n) is 7.98. The van der Waals surface area contributed by atoms with Crippen molar-refractivity contribution in [3.8, 4) is 0 Å². The van der Waals surface area contributed by atoms with Crippen molar-refractivity contribution in [2.24, 2.45) is 0 Å². The Hall–Kier alpha value is -0.650. The summed E-state index contributed by atoms with van der Waals surface area (Å²) < 4.78 is 5.70. The lowest BCUT2D eigenvalue weighted by molar-refractivity contribution is -0.145. The van der Waals surface area contributed by atoms with Gasteiger partial charge >= 0.3 is 0 Å². The molecule has 2 atom stereocenters. The highest BCUT2D eigenvalue weighted by Crippen LogP contribution is 2.14. The van der Waals surface area contributed by atoms with E-state index >= 15 is 0 Å². The second-order valence-corrected chi connectivity index (χ2v) is 6.10. The number of ether oxygens (including phenoxy) is 1. The zero-order chi connectivity index (χ0) is 14.5. The average Bonchev–Trinajstić information content (AvgIpc) is 2.44. The van der Waals surface area contributed by atoms with Gasteiger partial charge in [0.15, 0.2) is 0 Å². The molecule has 5 heteroatoms. The normalized spacial score (nSPS) is 28.9. The van der Waals surface area contributed by atoms with Crippen LogP contribution in [0.25, 0.3) is 0 Å². The van der Waals surface area contributed by atoms with Crippen molar-refractivity contribution in [3.63, 3.8) is 0 Å². The van der Waals surface area contributed by atoms with E-state index in [9.17, 15) is 4.79 Å². The SMILES string of the molecule is CCN(CC(=O)N1CC(C)OC(C)C1)C1CCNCC1. The highest BCUT2D eigenvalue weighted by atomic mass is 16.5. The molecule has 2 rings (SSSR count). The zero-order valence-electron chi connectivity index (χ0n) is 13.1. The summed E-state index contributed by atoms with van der Waals surface area (Å²) in [6.45, 7) is 11.3. The number of hydrogen-bond acceptors (Lipinski definition) is 4. The number of rotatable bonds is 4. The van der Waals surface area contributed by atoms with E-state index in [1.807, 2.05) is 18.7 Å². The maximum absolute atomic E-state index is 12.5. The molecule has 0 aromatic carbocycles. The van der Waals surface area contributed by atoms with Crippen molar-refractivity contribution in [3.05, 3.63) is 0 Å². The average molecular weight is 283 g/mol. The first-order valence-corrected chi connectivity index (χ1v) is 7.98. The Kier molecular flexibility index (Phi) is 5.81. The van der Waals surface area contributed by atoms with E-state index in [0.717, 1.165) is 45.6 Å². The Morgan fingerprint density at radius 3 is 2.40 bits per heavy atom. The Morgan fingerprint density at radius 1 is 1.25 bits per heavy atom. The van der Waals surface area contributed by atoms with Gasteiger partial charge in [-0.15, -0.1) is 0 Å². The predicted molar refractivity (Wildman–Crippen MR) is 79.7 cm³/mol. The fourth-order valence-electron chi connectivity index (χ4n) is 3.33. The summed E-state index contributed by atoms with van der Waals surface area (Å²) in [7, 11) is 0. The van der Waals surface area contributed by atoms with Crippen LogP contribution in [0.15, 0.2) is 0 Å². The van der Waals surface area contributed by atoms with Crippen molar-refractivity contribution in [1.29, 1.82) is 0 Å². The number of nitrogens with one attached hydrogen (secondary N) is 1. The molecule has 0 bridgehead atoms. The fourth-order valence-corrected chi connectivity index (χ4v) is 3.33. The van der Waals surface area contributed by atoms with Crippen LogP contribution in [-0.2, 0) is 9.53 Å². The van der Waals surface area contributed by atoms with E-state index in [2.05, 4.69) is 17.1 Å². The monoisotopic (exact) mass is 283 g/mol. The number of piperidine rings is 1. The number of likely N-dealkylation sites (N-methyl/N-ethyl adjacent to an activating group) is 1. The number of carbonyl (C=O) groups is 1. The number of hydrogen-bond donors (Lipinski definition) is 1. The molecule has 0 radical (unpaired) electrons. The van der Waals surface area contributed by atoms with Crippen LogP contribution >= 0.6 is 0 Å². The quantitative estimate of drug-likeness (QED) is 0.825. The molecule has 1 amide bonds. The summed E-state index contributed by atoms with van der Waals surface area (Å²) in [5, 5.41) is 3.38. The lowest BCUT2D eigenvalue weighted by Crippen LogP contribution is -2.53. The highest BCUT2D eigenvalue weighted by Gasteiger charge is 2.28. The summed E-state index contributed by atoms with van der Waals surface area (Å²) in [6.07, 6.45) is 2.60. The van der Waals surface area contributed by atoms with Crippen LogP contribution in [0.4, 0.5) is 0 Å². The largest absolute Gasteiger partial charge is 0.372 e. The maximum atomic E-state index is 12.5. The van der Waals surface area contributed by atoms with E-state index in [1.54, 1.807) is 0 Å². The van der Waals surface area contributed by atoms with E-state index in [4.69, 9.17) is 4.74 Å². The van der Waals surface area contributed by atoms with Gasteiger partial charge in [-0.1, -0.05) is 6.92 Å². The fraction of sp³-hybridized carbons (Fsp3) is 0.933. The van der Waals surface area contributed by atoms with Crippen molar-refractivity contribution >= 4 is 5.91 Å². The number of nitrogens with zero attached hydrogens (tertiary/aromatic N) is 2. The van der Waals surface area contributed by atoms with Gasteiger partial charge in [0.05, 0.1) is 18.8 Å². The third-order valence-electron chi connectivity index (χ3n) is 4.34. The summed E-state index contributed by atoms with van der Waals surface area (Å²) in [6, 6.07) is 0.557. The third kappa shape index (κ3) is 4.17. The molecule has 0 aromatic heterocycles. The van der Waals surface area contributed by atoms with E-state index in [-0.39, 0.29) is 18.1 Å². The second-order valence-electron chi connectivity index (χ2n) is 6.10. The molecule has 2 saturated heterocycles. The molecule has 5 nitrogen and oxygen atoms in total. The minimum absolute atomic E-state index is 0.150. The van der Waals surface area contributed by atoms with Gasteiger partial charge in [0, 0.05) is 19.1 Å². The standard InChI is InChI=1S/C15H29N3O2/c1-4-17(14-5-7-16-8-6-14)11-15(19)18-9-12(2)20-13(3)10-18/h12-14,16H,4-11H2,1-3H3. The van der Waals surface area contributed by atoms with Gasteiger partial charge < -0.3 is 15.0 Å². The van der Waals surface area contributed by atoms with Crippen LogP contribution in [0.5, 0.6) is 0 Å². The molecule has 1 N–H and O–H groups in total. The highest BCUT2D eigenvalue weighted by molar-refractivity contribution is 5.78. The van der Waals surface area contributed by atoms with Crippen LogP contribution in [0.1, 0.15) is 33.6 Å². The van der Waals surface area contributed by atoms with Crippen molar-refractivity contribution in [1.82, 2.24) is 15.1 Å². The molecule has 2 unspecified atom stereocenters. The third-order valence-corrected chi connectivity index (χ3v) is 4.34. The molecule has 20 heavy (non-hydrogen) atoms. The van der Waals surface area contributed by atoms with Crippen LogP contribution in [0.3, 0.4) is 0 Å². The number of morpholine rings is 1. The lowest BCUT2D eigenvalue weighted by Gasteiger charge is -2.38. The van der Waals surface area contributed by atoms with Gasteiger partial charge in [-0.2, -0.15) is 0 Å². The van der Waals surface area contributed by atoms with Gasteiger partial charge in [0.25, 0.3) is 0 Å². The van der Waals surface area contributed by atoms with E-state index < -0.39 is 0 Å². The van der Waals surface area contributed by atoms with Crippen LogP contribution in [-0.4, -0.2) is 73.2 Å². The van der Waals surface area contributed by atoms with E-state index in [0.29, 0.717) is 12.6 Å². The van der Waals surface area contributed by atoms with Gasteiger partial charge in [-0.25, -0.2) is 0 Å². The van der Waals surface area contributed by atoms with Crippen LogP contribution in [0, 0.1) is 0 Å². The lowest BCUT2D eigenvalue weighted by atomic mass is 10.0. The first kappa shape index (κ1) is 15.7. The molecule has 2 aliphatic rings. The molecular weight excluding hydrogens is 254 g/mol. The van der Waals surface area contributed by atoms with Crippen molar-refractivity contribution in [2.75, 3.05) is 39.3 Å². The van der Waals surface area contributed by atoms with Gasteiger partial charge in [0.2, 0.25) is 5.91 Å². The Morgan fingerprint density at radius 2 is 1.85 bits per heavy atom. The number of carbonyl (C=O) groups excluding carboxylic acids is 1.